The third-order valence-corrected chi connectivity index (χ3v) is 3.52. The Labute approximate surface area is 129 Å². The van der Waals surface area contributed by atoms with Crippen LogP contribution in [0.25, 0.3) is 16.7 Å². The lowest BCUT2D eigenvalue weighted by Gasteiger charge is -2.09. The van der Waals surface area contributed by atoms with Crippen LogP contribution >= 0.6 is 0 Å². The Hall–Kier alpha value is -2.62. The number of hydrogen-bond donors (Lipinski definition) is 1. The molecule has 1 amide bonds. The van der Waals surface area contributed by atoms with Crippen LogP contribution in [0, 0.1) is 6.92 Å². The van der Waals surface area contributed by atoms with Gasteiger partial charge in [-0.1, -0.05) is 18.2 Å². The highest BCUT2D eigenvalue weighted by molar-refractivity contribution is 5.97. The van der Waals surface area contributed by atoms with Gasteiger partial charge in [0.2, 0.25) is 0 Å². The molecule has 0 spiro atoms. The molecule has 0 aliphatic heterocycles. The molecule has 22 heavy (non-hydrogen) atoms. The van der Waals surface area contributed by atoms with E-state index < -0.39 is 0 Å². The number of fused-ring (bicyclic) bond motifs is 1. The number of aryl methyl sites for hydroxylation is 1. The first-order valence-corrected chi connectivity index (χ1v) is 7.41. The van der Waals surface area contributed by atoms with Crippen molar-refractivity contribution < 1.29 is 4.79 Å². The second-order valence-corrected chi connectivity index (χ2v) is 5.66. The fraction of sp³-hybridized carbons (Fsp3) is 0.222. The van der Waals surface area contributed by atoms with Gasteiger partial charge >= 0.3 is 0 Å². The van der Waals surface area contributed by atoms with E-state index in [1.165, 1.54) is 0 Å². The molecule has 3 rings (SSSR count). The van der Waals surface area contributed by atoms with Gasteiger partial charge < -0.3 is 5.32 Å². The smallest absolute Gasteiger partial charge is 0.251 e. The van der Waals surface area contributed by atoms with Crippen LogP contribution in [0.5, 0.6) is 0 Å². The van der Waals surface area contributed by atoms with Crippen molar-refractivity contribution in [2.75, 3.05) is 0 Å². The number of imidazole rings is 1. The van der Waals surface area contributed by atoms with Gasteiger partial charge in [0, 0.05) is 17.3 Å². The zero-order valence-corrected chi connectivity index (χ0v) is 13.0. The van der Waals surface area contributed by atoms with Crippen LogP contribution in [-0.2, 0) is 0 Å². The van der Waals surface area contributed by atoms with Crippen LogP contribution in [0.2, 0.25) is 0 Å². The number of nitrogens with one attached hydrogen (secondary N) is 1. The van der Waals surface area contributed by atoms with Gasteiger partial charge in [-0.05, 0) is 51.1 Å². The van der Waals surface area contributed by atoms with Crippen molar-refractivity contribution in [3.8, 4) is 5.69 Å². The van der Waals surface area contributed by atoms with E-state index in [4.69, 9.17) is 0 Å². The molecule has 1 heterocycles. The number of amides is 1. The predicted molar refractivity (Wildman–Crippen MR) is 88.4 cm³/mol. The van der Waals surface area contributed by atoms with E-state index in [0.717, 1.165) is 22.5 Å². The Morgan fingerprint density at radius 3 is 2.55 bits per heavy atom. The summed E-state index contributed by atoms with van der Waals surface area (Å²) in [6.45, 7) is 5.87. The minimum Gasteiger partial charge on any atom is -0.350 e. The summed E-state index contributed by atoms with van der Waals surface area (Å²) in [6.07, 6.45) is 0. The van der Waals surface area contributed by atoms with Crippen molar-refractivity contribution in [3.63, 3.8) is 0 Å². The van der Waals surface area contributed by atoms with Gasteiger partial charge in [0.25, 0.3) is 5.91 Å². The molecule has 0 aliphatic rings. The largest absolute Gasteiger partial charge is 0.350 e. The van der Waals surface area contributed by atoms with Crippen LogP contribution in [0.4, 0.5) is 0 Å². The number of aromatic nitrogens is 2. The van der Waals surface area contributed by atoms with Gasteiger partial charge in [0.1, 0.15) is 5.82 Å². The Morgan fingerprint density at radius 2 is 1.86 bits per heavy atom. The lowest BCUT2D eigenvalue weighted by atomic mass is 10.1. The summed E-state index contributed by atoms with van der Waals surface area (Å²) in [5.41, 5.74) is 3.54. The first-order chi connectivity index (χ1) is 10.6. The number of carbonyl (C=O) groups is 1. The molecule has 4 nitrogen and oxygen atoms in total. The monoisotopic (exact) mass is 293 g/mol. The molecule has 0 saturated heterocycles. The number of nitrogens with zero attached hydrogens (tertiary/aromatic N) is 2. The Morgan fingerprint density at radius 1 is 1.14 bits per heavy atom. The van der Waals surface area contributed by atoms with E-state index in [-0.39, 0.29) is 11.9 Å². The van der Waals surface area contributed by atoms with Crippen LogP contribution in [0.1, 0.15) is 30.0 Å². The van der Waals surface area contributed by atoms with Crippen molar-refractivity contribution in [2.24, 2.45) is 0 Å². The van der Waals surface area contributed by atoms with E-state index in [1.54, 1.807) is 0 Å². The first kappa shape index (κ1) is 14.3. The highest BCUT2D eigenvalue weighted by Gasteiger charge is 2.13. The molecular weight excluding hydrogens is 274 g/mol. The summed E-state index contributed by atoms with van der Waals surface area (Å²) in [5, 5.41) is 2.90. The second-order valence-electron chi connectivity index (χ2n) is 5.66. The maximum absolute atomic E-state index is 12.1. The van der Waals surface area contributed by atoms with E-state index >= 15 is 0 Å². The van der Waals surface area contributed by atoms with Gasteiger partial charge in [-0.2, -0.15) is 0 Å². The van der Waals surface area contributed by atoms with E-state index in [9.17, 15) is 4.79 Å². The Kier molecular flexibility index (Phi) is 3.67. The summed E-state index contributed by atoms with van der Waals surface area (Å²) < 4.78 is 2.10. The molecular formula is C18H19N3O. The van der Waals surface area contributed by atoms with E-state index in [1.807, 2.05) is 69.3 Å². The van der Waals surface area contributed by atoms with Gasteiger partial charge in [0.15, 0.2) is 0 Å². The predicted octanol–water partition coefficient (Wildman–Crippen LogP) is 3.47. The maximum Gasteiger partial charge on any atom is 0.251 e. The minimum absolute atomic E-state index is 0.0659. The van der Waals surface area contributed by atoms with Crippen molar-refractivity contribution in [1.82, 2.24) is 14.9 Å². The average Bonchev–Trinajstić information content (AvgIpc) is 2.82. The lowest BCUT2D eigenvalue weighted by Crippen LogP contribution is -2.29. The molecule has 0 saturated carbocycles. The molecule has 0 aliphatic carbocycles. The molecule has 0 atom stereocenters. The number of benzene rings is 2. The SMILES string of the molecule is Cc1nc2cc(C(=O)NC(C)C)ccc2n1-c1ccccc1. The summed E-state index contributed by atoms with van der Waals surface area (Å²) >= 11 is 0. The molecule has 2 aromatic carbocycles. The highest BCUT2D eigenvalue weighted by Crippen LogP contribution is 2.22. The molecule has 1 aromatic heterocycles. The summed E-state index contributed by atoms with van der Waals surface area (Å²) in [5.74, 6) is 0.839. The quantitative estimate of drug-likeness (QED) is 0.803. The highest BCUT2D eigenvalue weighted by atomic mass is 16.1. The third kappa shape index (κ3) is 2.60. The zero-order chi connectivity index (χ0) is 15.7. The first-order valence-electron chi connectivity index (χ1n) is 7.41. The minimum atomic E-state index is -0.0659. The Bertz CT molecular complexity index is 819. The van der Waals surface area contributed by atoms with Crippen LogP contribution in [-0.4, -0.2) is 21.5 Å². The number of carbonyl (C=O) groups excluding carboxylic acids is 1. The van der Waals surface area contributed by atoms with E-state index in [0.29, 0.717) is 5.56 Å². The Balaban J connectivity index is 2.08. The molecule has 0 unspecified atom stereocenters. The van der Waals surface area contributed by atoms with E-state index in [2.05, 4.69) is 14.9 Å². The molecule has 1 N–H and O–H groups in total. The van der Waals surface area contributed by atoms with Crippen molar-refractivity contribution in [2.45, 2.75) is 26.8 Å². The number of hydrogen-bond acceptors (Lipinski definition) is 2. The molecule has 0 fully saturated rings. The van der Waals surface area contributed by atoms with Crippen molar-refractivity contribution >= 4 is 16.9 Å². The second kappa shape index (κ2) is 5.64. The van der Waals surface area contributed by atoms with Gasteiger partial charge in [-0.25, -0.2) is 4.98 Å². The fourth-order valence-corrected chi connectivity index (χ4v) is 2.59. The summed E-state index contributed by atoms with van der Waals surface area (Å²) in [6, 6.07) is 15.9. The number of para-hydroxylation sites is 1. The fourth-order valence-electron chi connectivity index (χ4n) is 2.59. The van der Waals surface area contributed by atoms with Crippen molar-refractivity contribution in [3.05, 3.63) is 59.9 Å². The topological polar surface area (TPSA) is 46.9 Å². The molecule has 4 heteroatoms. The normalized spacial score (nSPS) is 11.1. The maximum atomic E-state index is 12.1. The molecule has 0 bridgehead atoms. The van der Waals surface area contributed by atoms with Gasteiger partial charge in [-0.15, -0.1) is 0 Å². The molecule has 3 aromatic rings. The zero-order valence-electron chi connectivity index (χ0n) is 13.0. The van der Waals surface area contributed by atoms with Crippen LogP contribution in [0.3, 0.4) is 0 Å². The van der Waals surface area contributed by atoms with Gasteiger partial charge in [-0.3, -0.25) is 9.36 Å². The lowest BCUT2D eigenvalue weighted by molar-refractivity contribution is 0.0943. The molecule has 112 valence electrons. The summed E-state index contributed by atoms with van der Waals surface area (Å²) in [7, 11) is 0. The molecule has 0 radical (unpaired) electrons. The van der Waals surface area contributed by atoms with Crippen LogP contribution < -0.4 is 5.32 Å². The standard InChI is InChI=1S/C18H19N3O/c1-12(2)19-18(22)14-9-10-17-16(11-14)20-13(3)21(17)15-7-5-4-6-8-15/h4-12H,1-3H3,(H,19,22). The number of rotatable bonds is 3. The summed E-state index contributed by atoms with van der Waals surface area (Å²) in [4.78, 5) is 16.7. The van der Waals surface area contributed by atoms with Crippen LogP contribution in [0.15, 0.2) is 48.5 Å². The van der Waals surface area contributed by atoms with Gasteiger partial charge in [0.05, 0.1) is 11.0 Å². The van der Waals surface area contributed by atoms with Crippen molar-refractivity contribution in [1.29, 1.82) is 0 Å². The average molecular weight is 293 g/mol. The third-order valence-electron chi connectivity index (χ3n) is 3.52.